The van der Waals surface area contributed by atoms with E-state index < -0.39 is 0 Å². The third-order valence-corrected chi connectivity index (χ3v) is 3.92. The summed E-state index contributed by atoms with van der Waals surface area (Å²) in [6, 6.07) is 4.16. The van der Waals surface area contributed by atoms with E-state index in [-0.39, 0.29) is 0 Å². The monoisotopic (exact) mass is 305 g/mol. The Morgan fingerprint density at radius 3 is 2.78 bits per heavy atom. The number of aromatic nitrogens is 2. The van der Waals surface area contributed by atoms with E-state index in [4.69, 9.17) is 0 Å². The van der Waals surface area contributed by atoms with Gasteiger partial charge in [0.2, 0.25) is 0 Å². The molecule has 3 rings (SSSR count). The van der Waals surface area contributed by atoms with Gasteiger partial charge in [0.15, 0.2) is 0 Å². The highest BCUT2D eigenvalue weighted by Gasteiger charge is 2.24. The Morgan fingerprint density at radius 1 is 1.35 bits per heavy atom. The van der Waals surface area contributed by atoms with Crippen molar-refractivity contribution in [2.45, 2.75) is 26.7 Å². The average Bonchev–Trinajstić information content (AvgIpc) is 3.26. The highest BCUT2D eigenvalue weighted by atomic mass is 15.0. The molecule has 0 aromatic carbocycles. The molecule has 2 N–H and O–H groups in total. The minimum absolute atomic E-state index is 0.617. The summed E-state index contributed by atoms with van der Waals surface area (Å²) in [4.78, 5) is 7.96. The van der Waals surface area contributed by atoms with Crippen LogP contribution in [0.3, 0.4) is 0 Å². The van der Waals surface area contributed by atoms with E-state index >= 15 is 0 Å². The number of hydrogen-bond acceptors (Lipinski definition) is 2. The maximum absolute atomic E-state index is 4.49. The fourth-order valence-electron chi connectivity index (χ4n) is 2.61. The summed E-state index contributed by atoms with van der Waals surface area (Å²) in [5.74, 6) is 1.46. The van der Waals surface area contributed by atoms with Gasteiger partial charge >= 0.3 is 0 Å². The molecule has 1 fully saturated rings. The van der Waals surface area contributed by atoms with Gasteiger partial charge in [0.05, 0.1) is 5.52 Å². The first-order chi connectivity index (χ1) is 11.1. The zero-order chi connectivity index (χ0) is 16.4. The lowest BCUT2D eigenvalue weighted by Crippen LogP contribution is -2.01. The van der Waals surface area contributed by atoms with Crippen molar-refractivity contribution in [1.29, 1.82) is 0 Å². The number of rotatable bonds is 6. The van der Waals surface area contributed by atoms with E-state index in [0.717, 1.165) is 39.3 Å². The lowest BCUT2D eigenvalue weighted by atomic mass is 10.1. The molecule has 0 spiro atoms. The van der Waals surface area contributed by atoms with Crippen LogP contribution >= 0.6 is 0 Å². The van der Waals surface area contributed by atoms with Crippen molar-refractivity contribution in [3.8, 4) is 0 Å². The first-order valence-corrected chi connectivity index (χ1v) is 8.01. The van der Waals surface area contributed by atoms with Crippen molar-refractivity contribution < 1.29 is 0 Å². The maximum Gasteiger partial charge on any atom is 0.132 e. The summed E-state index contributed by atoms with van der Waals surface area (Å²) < 4.78 is 0. The molecule has 0 radical (unpaired) electrons. The quantitative estimate of drug-likeness (QED) is 0.698. The van der Waals surface area contributed by atoms with Crippen LogP contribution in [0.25, 0.3) is 16.5 Å². The van der Waals surface area contributed by atoms with Gasteiger partial charge in [-0.1, -0.05) is 37.0 Å². The molecule has 0 saturated heterocycles. The van der Waals surface area contributed by atoms with Crippen molar-refractivity contribution in [2.24, 2.45) is 5.92 Å². The van der Waals surface area contributed by atoms with Gasteiger partial charge < -0.3 is 10.3 Å². The molecule has 2 aromatic rings. The van der Waals surface area contributed by atoms with Gasteiger partial charge in [0, 0.05) is 29.0 Å². The van der Waals surface area contributed by atoms with Crippen LogP contribution in [-0.4, -0.2) is 9.97 Å². The van der Waals surface area contributed by atoms with Gasteiger partial charge in [-0.25, -0.2) is 4.98 Å². The number of hydrogen-bond donors (Lipinski definition) is 2. The zero-order valence-corrected chi connectivity index (χ0v) is 13.8. The largest absolute Gasteiger partial charge is 0.354 e. The highest BCUT2D eigenvalue weighted by Crippen LogP contribution is 2.35. The standard InChI is InChI=1S/C20H23N3/c1-5-6-16(9-13(2)3)18-10-17-12-21-20(11-19(17)23-18)22-14(4)15-7-8-15/h5-6,9-12,15,23H,2,4,7-8H2,1,3H3,(H,21,22)/b6-5?,16-9+. The second-order valence-corrected chi connectivity index (χ2v) is 6.21. The zero-order valence-electron chi connectivity index (χ0n) is 13.8. The average molecular weight is 305 g/mol. The first kappa shape index (κ1) is 15.3. The molecule has 23 heavy (non-hydrogen) atoms. The van der Waals surface area contributed by atoms with Gasteiger partial charge in [-0.3, -0.25) is 0 Å². The number of nitrogens with zero attached hydrogens (tertiary/aromatic N) is 1. The van der Waals surface area contributed by atoms with Crippen LogP contribution in [0, 0.1) is 5.92 Å². The van der Waals surface area contributed by atoms with Crippen LogP contribution in [0.1, 0.15) is 32.4 Å². The Hall–Kier alpha value is -2.55. The van der Waals surface area contributed by atoms with E-state index in [1.54, 1.807) is 0 Å². The van der Waals surface area contributed by atoms with Crippen molar-refractivity contribution >= 4 is 22.3 Å². The fraction of sp³-hybridized carbons (Fsp3) is 0.250. The van der Waals surface area contributed by atoms with Crippen LogP contribution in [0.5, 0.6) is 0 Å². The molecule has 0 unspecified atom stereocenters. The molecule has 0 bridgehead atoms. The molecular weight excluding hydrogens is 282 g/mol. The SMILES string of the molecule is C=C(C)/C=C(\C=CC)c1cc2cnc(NC(=C)C3CC3)cc2[nH]1. The molecule has 1 aliphatic carbocycles. The highest BCUT2D eigenvalue weighted by molar-refractivity contribution is 5.88. The van der Waals surface area contributed by atoms with E-state index in [1.807, 2.05) is 32.2 Å². The molecule has 3 nitrogen and oxygen atoms in total. The topological polar surface area (TPSA) is 40.7 Å². The number of nitrogens with one attached hydrogen (secondary N) is 2. The smallest absolute Gasteiger partial charge is 0.132 e. The summed E-state index contributed by atoms with van der Waals surface area (Å²) in [5.41, 5.74) is 5.35. The lowest BCUT2D eigenvalue weighted by molar-refractivity contribution is 1.01. The lowest BCUT2D eigenvalue weighted by Gasteiger charge is -2.07. The van der Waals surface area contributed by atoms with Crippen molar-refractivity contribution in [3.63, 3.8) is 0 Å². The molecule has 1 aliphatic rings. The van der Waals surface area contributed by atoms with E-state index in [1.165, 1.54) is 12.8 Å². The van der Waals surface area contributed by atoms with Crippen LogP contribution in [0.15, 0.2) is 61.0 Å². The van der Waals surface area contributed by atoms with E-state index in [0.29, 0.717) is 5.92 Å². The molecule has 0 amide bonds. The summed E-state index contributed by atoms with van der Waals surface area (Å²) in [7, 11) is 0. The molecule has 3 heteroatoms. The van der Waals surface area contributed by atoms with Crippen LogP contribution in [0.4, 0.5) is 5.82 Å². The second-order valence-electron chi connectivity index (χ2n) is 6.21. The number of aromatic amines is 1. The summed E-state index contributed by atoms with van der Waals surface area (Å²) in [6.45, 7) is 12.1. The van der Waals surface area contributed by atoms with Gasteiger partial charge in [0.1, 0.15) is 5.82 Å². The Bertz CT molecular complexity index is 817. The summed E-state index contributed by atoms with van der Waals surface area (Å²) in [5, 5.41) is 4.42. The van der Waals surface area contributed by atoms with Crippen molar-refractivity contribution in [1.82, 2.24) is 9.97 Å². The van der Waals surface area contributed by atoms with Gasteiger partial charge in [-0.15, -0.1) is 0 Å². The molecular formula is C20H23N3. The van der Waals surface area contributed by atoms with Gasteiger partial charge in [-0.05, 0) is 44.2 Å². The molecule has 118 valence electrons. The Morgan fingerprint density at radius 2 is 2.13 bits per heavy atom. The fourth-order valence-corrected chi connectivity index (χ4v) is 2.61. The van der Waals surface area contributed by atoms with Crippen molar-refractivity contribution in [3.05, 3.63) is 66.7 Å². The van der Waals surface area contributed by atoms with E-state index in [2.05, 4.69) is 46.7 Å². The summed E-state index contributed by atoms with van der Waals surface area (Å²) in [6.07, 6.45) is 10.6. The predicted molar refractivity (Wildman–Crippen MR) is 99.2 cm³/mol. The first-order valence-electron chi connectivity index (χ1n) is 8.01. The number of allylic oxidation sites excluding steroid dienone is 6. The predicted octanol–water partition coefficient (Wildman–Crippen LogP) is 5.43. The van der Waals surface area contributed by atoms with Gasteiger partial charge in [-0.2, -0.15) is 0 Å². The Labute approximate surface area is 137 Å². The number of pyridine rings is 1. The molecule has 1 saturated carbocycles. The Balaban J connectivity index is 1.91. The van der Waals surface area contributed by atoms with Crippen LogP contribution in [-0.2, 0) is 0 Å². The number of fused-ring (bicyclic) bond motifs is 1. The van der Waals surface area contributed by atoms with Crippen LogP contribution in [0.2, 0.25) is 0 Å². The van der Waals surface area contributed by atoms with Crippen molar-refractivity contribution in [2.75, 3.05) is 5.32 Å². The Kier molecular flexibility index (Phi) is 4.20. The summed E-state index contributed by atoms with van der Waals surface area (Å²) >= 11 is 0. The molecule has 0 aliphatic heterocycles. The second kappa shape index (κ2) is 6.29. The minimum Gasteiger partial charge on any atom is -0.354 e. The van der Waals surface area contributed by atoms with E-state index in [9.17, 15) is 0 Å². The number of H-pyrrole nitrogens is 1. The third-order valence-electron chi connectivity index (χ3n) is 3.92. The normalized spacial score (nSPS) is 15.3. The minimum atomic E-state index is 0.617. The molecule has 2 heterocycles. The van der Waals surface area contributed by atoms with Gasteiger partial charge in [0.25, 0.3) is 0 Å². The maximum atomic E-state index is 4.49. The molecule has 0 atom stereocenters. The number of anilines is 1. The van der Waals surface area contributed by atoms with Crippen LogP contribution < -0.4 is 5.32 Å². The third kappa shape index (κ3) is 3.62. The molecule has 2 aromatic heterocycles.